The molecule has 0 amide bonds. The van der Waals surface area contributed by atoms with E-state index < -0.39 is 0 Å². The van der Waals surface area contributed by atoms with E-state index >= 15 is 0 Å². The van der Waals surface area contributed by atoms with Crippen molar-refractivity contribution in [2.45, 2.75) is 46.5 Å². The fourth-order valence-electron chi connectivity index (χ4n) is 4.71. The Morgan fingerprint density at radius 1 is 0.818 bits per heavy atom. The molecular formula is C31H31NO. The van der Waals surface area contributed by atoms with Crippen LogP contribution in [0.1, 0.15) is 45.7 Å². The number of rotatable bonds is 4. The fourth-order valence-corrected chi connectivity index (χ4v) is 4.71. The molecule has 0 aliphatic heterocycles. The standard InChI is InChI=1S/C31H31NO/c1-20(2)16-21-10-12-22(13-11-21)27-19-29(32-30-26(27)14-15-33-30)24-17-23-8-6-7-9-25(23)28(18-24)31(3,4)5/h6-15,17-20H,16H2,1-5H3. The largest absolute Gasteiger partial charge is 0.446 e. The number of nitrogens with zero attached hydrogens (tertiary/aromatic N) is 1. The van der Waals surface area contributed by atoms with E-state index in [1.807, 2.05) is 6.07 Å². The SMILES string of the molecule is CC(C)Cc1ccc(-c2cc(-c3cc(C(C)(C)C)c4ccccc4c3)nc3occc23)cc1. The third-order valence-electron chi connectivity index (χ3n) is 6.31. The van der Waals surface area contributed by atoms with Crippen LogP contribution in [0.15, 0.2) is 83.5 Å². The van der Waals surface area contributed by atoms with Crippen LogP contribution in [0.2, 0.25) is 0 Å². The van der Waals surface area contributed by atoms with E-state index in [-0.39, 0.29) is 5.41 Å². The second kappa shape index (κ2) is 8.19. The highest BCUT2D eigenvalue weighted by atomic mass is 16.3. The van der Waals surface area contributed by atoms with Gasteiger partial charge in [0.05, 0.1) is 12.0 Å². The molecule has 3 aromatic carbocycles. The Balaban J connectivity index is 1.69. The monoisotopic (exact) mass is 433 g/mol. The number of pyridine rings is 1. The van der Waals surface area contributed by atoms with Gasteiger partial charge >= 0.3 is 0 Å². The average molecular weight is 434 g/mol. The molecule has 166 valence electrons. The lowest BCUT2D eigenvalue weighted by Gasteiger charge is -2.23. The summed E-state index contributed by atoms with van der Waals surface area (Å²) in [6, 6.07) is 26.3. The normalized spacial score (nSPS) is 12.2. The molecule has 33 heavy (non-hydrogen) atoms. The molecule has 2 nitrogen and oxygen atoms in total. The number of benzene rings is 3. The molecule has 0 atom stereocenters. The number of hydrogen-bond donors (Lipinski definition) is 0. The molecule has 0 spiro atoms. The van der Waals surface area contributed by atoms with Crippen molar-refractivity contribution in [2.24, 2.45) is 5.92 Å². The second-order valence-electron chi connectivity index (χ2n) is 10.5. The number of fused-ring (bicyclic) bond motifs is 2. The topological polar surface area (TPSA) is 26.0 Å². The lowest BCUT2D eigenvalue weighted by atomic mass is 9.82. The first kappa shape index (κ1) is 21.5. The van der Waals surface area contributed by atoms with Gasteiger partial charge in [0, 0.05) is 10.9 Å². The molecule has 2 aromatic heterocycles. The third-order valence-corrected chi connectivity index (χ3v) is 6.31. The molecule has 0 saturated carbocycles. The Kier molecular flexibility index (Phi) is 5.32. The minimum Gasteiger partial charge on any atom is -0.446 e. The van der Waals surface area contributed by atoms with Gasteiger partial charge in [0.25, 0.3) is 0 Å². The lowest BCUT2D eigenvalue weighted by molar-refractivity contribution is 0.596. The van der Waals surface area contributed by atoms with Crippen LogP contribution in [0, 0.1) is 5.92 Å². The van der Waals surface area contributed by atoms with Gasteiger partial charge in [0.2, 0.25) is 5.71 Å². The fraction of sp³-hybridized carbons (Fsp3) is 0.258. The molecule has 0 fully saturated rings. The Labute approximate surface area is 196 Å². The van der Waals surface area contributed by atoms with Crippen molar-refractivity contribution < 1.29 is 4.42 Å². The Morgan fingerprint density at radius 3 is 2.30 bits per heavy atom. The van der Waals surface area contributed by atoms with Crippen molar-refractivity contribution >= 4 is 21.9 Å². The Morgan fingerprint density at radius 2 is 1.58 bits per heavy atom. The number of hydrogen-bond acceptors (Lipinski definition) is 2. The van der Waals surface area contributed by atoms with Gasteiger partial charge in [-0.2, -0.15) is 0 Å². The summed E-state index contributed by atoms with van der Waals surface area (Å²) < 4.78 is 5.79. The van der Waals surface area contributed by atoms with Gasteiger partial charge in [0.1, 0.15) is 0 Å². The first-order valence-electron chi connectivity index (χ1n) is 11.8. The van der Waals surface area contributed by atoms with Gasteiger partial charge < -0.3 is 4.42 Å². The average Bonchev–Trinajstić information content (AvgIpc) is 3.26. The van der Waals surface area contributed by atoms with Crippen LogP contribution in [0.25, 0.3) is 44.3 Å². The van der Waals surface area contributed by atoms with Crippen LogP contribution < -0.4 is 0 Å². The molecule has 2 heteroatoms. The maximum atomic E-state index is 5.79. The molecule has 0 aliphatic carbocycles. The van der Waals surface area contributed by atoms with Crippen molar-refractivity contribution in [3.8, 4) is 22.4 Å². The molecule has 5 aromatic rings. The second-order valence-corrected chi connectivity index (χ2v) is 10.5. The van der Waals surface area contributed by atoms with Gasteiger partial charge in [0.15, 0.2) is 0 Å². The molecule has 0 bridgehead atoms. The van der Waals surface area contributed by atoms with E-state index in [9.17, 15) is 0 Å². The first-order valence-corrected chi connectivity index (χ1v) is 11.8. The van der Waals surface area contributed by atoms with Crippen molar-refractivity contribution in [1.29, 1.82) is 0 Å². The van der Waals surface area contributed by atoms with Crippen molar-refractivity contribution in [3.05, 3.63) is 90.2 Å². The summed E-state index contributed by atoms with van der Waals surface area (Å²) in [4.78, 5) is 4.91. The van der Waals surface area contributed by atoms with Crippen LogP contribution in [0.4, 0.5) is 0 Å². The molecular weight excluding hydrogens is 402 g/mol. The summed E-state index contributed by atoms with van der Waals surface area (Å²) in [6.07, 6.45) is 2.83. The lowest BCUT2D eigenvalue weighted by Crippen LogP contribution is -2.12. The smallest absolute Gasteiger partial charge is 0.227 e. The molecule has 0 N–H and O–H groups in total. The van der Waals surface area contributed by atoms with Gasteiger partial charge in [-0.3, -0.25) is 0 Å². The Hall–Kier alpha value is -3.39. The van der Waals surface area contributed by atoms with E-state index in [0.717, 1.165) is 28.6 Å². The maximum absolute atomic E-state index is 5.79. The highest BCUT2D eigenvalue weighted by Gasteiger charge is 2.19. The first-order chi connectivity index (χ1) is 15.8. The maximum Gasteiger partial charge on any atom is 0.227 e. The van der Waals surface area contributed by atoms with Crippen molar-refractivity contribution in [1.82, 2.24) is 4.98 Å². The molecule has 2 heterocycles. The van der Waals surface area contributed by atoms with E-state index in [1.54, 1.807) is 6.26 Å². The summed E-state index contributed by atoms with van der Waals surface area (Å²) >= 11 is 0. The van der Waals surface area contributed by atoms with E-state index in [4.69, 9.17) is 9.40 Å². The van der Waals surface area contributed by atoms with Gasteiger partial charge in [-0.1, -0.05) is 83.1 Å². The predicted octanol–water partition coefficient (Wildman–Crippen LogP) is 8.81. The predicted molar refractivity (Wildman–Crippen MR) is 140 cm³/mol. The third kappa shape index (κ3) is 4.18. The minimum atomic E-state index is 0.0273. The van der Waals surface area contributed by atoms with Crippen molar-refractivity contribution in [3.63, 3.8) is 0 Å². The summed E-state index contributed by atoms with van der Waals surface area (Å²) in [6.45, 7) is 11.3. The van der Waals surface area contributed by atoms with E-state index in [1.165, 1.54) is 27.5 Å². The van der Waals surface area contributed by atoms with Gasteiger partial charge in [-0.25, -0.2) is 4.98 Å². The summed E-state index contributed by atoms with van der Waals surface area (Å²) in [5.74, 6) is 0.647. The van der Waals surface area contributed by atoms with Crippen molar-refractivity contribution in [2.75, 3.05) is 0 Å². The van der Waals surface area contributed by atoms with Crippen LogP contribution in [0.3, 0.4) is 0 Å². The highest BCUT2D eigenvalue weighted by Crippen LogP contribution is 2.37. The molecule has 0 saturated heterocycles. The van der Waals surface area contributed by atoms with Crippen LogP contribution in [-0.4, -0.2) is 4.98 Å². The molecule has 0 unspecified atom stereocenters. The van der Waals surface area contributed by atoms with E-state index in [2.05, 4.69) is 101 Å². The van der Waals surface area contributed by atoms with E-state index in [0.29, 0.717) is 11.6 Å². The summed E-state index contributed by atoms with van der Waals surface area (Å²) in [7, 11) is 0. The number of furan rings is 1. The number of aromatic nitrogens is 1. The van der Waals surface area contributed by atoms with Crippen LogP contribution >= 0.6 is 0 Å². The summed E-state index contributed by atoms with van der Waals surface area (Å²) in [5, 5.41) is 3.59. The zero-order chi connectivity index (χ0) is 23.2. The zero-order valence-electron chi connectivity index (χ0n) is 20.1. The van der Waals surface area contributed by atoms with Crippen LogP contribution in [0.5, 0.6) is 0 Å². The molecule has 0 radical (unpaired) electrons. The highest BCUT2D eigenvalue weighted by molar-refractivity contribution is 5.96. The Bertz CT molecular complexity index is 1430. The quantitative estimate of drug-likeness (QED) is 0.283. The molecule has 0 aliphatic rings. The van der Waals surface area contributed by atoms with Gasteiger partial charge in [-0.05, 0) is 75.0 Å². The summed E-state index contributed by atoms with van der Waals surface area (Å²) in [5.41, 5.74) is 7.82. The van der Waals surface area contributed by atoms with Crippen LogP contribution in [-0.2, 0) is 11.8 Å². The zero-order valence-corrected chi connectivity index (χ0v) is 20.1. The molecule has 5 rings (SSSR count). The minimum absolute atomic E-state index is 0.0273. The van der Waals surface area contributed by atoms with Gasteiger partial charge in [-0.15, -0.1) is 0 Å².